The lowest BCUT2D eigenvalue weighted by atomic mass is 9.95. The van der Waals surface area contributed by atoms with Crippen molar-refractivity contribution < 1.29 is 14.3 Å². The number of carbonyl (C=O) groups is 1. The van der Waals surface area contributed by atoms with Gasteiger partial charge in [-0.05, 0) is 59.4 Å². The van der Waals surface area contributed by atoms with E-state index in [0.717, 1.165) is 25.7 Å². The summed E-state index contributed by atoms with van der Waals surface area (Å²) in [5.74, 6) is 0. The first-order valence-corrected chi connectivity index (χ1v) is 9.94. The van der Waals surface area contributed by atoms with E-state index in [2.05, 4.69) is 25.6 Å². The Bertz CT molecular complexity index is 645. The average Bonchev–Trinajstić information content (AvgIpc) is 2.76. The van der Waals surface area contributed by atoms with E-state index in [9.17, 15) is 4.79 Å². The first-order chi connectivity index (χ1) is 12.5. The SMILES string of the molecule is C=C(CCC)C[C@@H]1OC(C)(C)N(C(=O)OC(C)(C)C)[C@H]1Cc1ccccc1. The van der Waals surface area contributed by atoms with Gasteiger partial charge in [0.1, 0.15) is 11.3 Å². The molecule has 0 saturated carbocycles. The van der Waals surface area contributed by atoms with Crippen molar-refractivity contribution in [2.75, 3.05) is 0 Å². The normalized spacial score (nSPS) is 21.9. The van der Waals surface area contributed by atoms with Gasteiger partial charge in [0.15, 0.2) is 0 Å². The van der Waals surface area contributed by atoms with Crippen LogP contribution in [0.15, 0.2) is 42.5 Å². The van der Waals surface area contributed by atoms with Gasteiger partial charge in [-0.15, -0.1) is 0 Å². The molecule has 1 fully saturated rings. The van der Waals surface area contributed by atoms with Crippen LogP contribution in [0.3, 0.4) is 0 Å². The Labute approximate surface area is 164 Å². The molecule has 150 valence electrons. The molecule has 0 bridgehead atoms. The molecule has 4 heteroatoms. The lowest BCUT2D eigenvalue weighted by Gasteiger charge is -2.35. The molecule has 2 atom stereocenters. The molecular formula is C23H35NO3. The molecule has 0 aliphatic carbocycles. The summed E-state index contributed by atoms with van der Waals surface area (Å²) in [6.45, 7) is 15.9. The third-order valence-electron chi connectivity index (χ3n) is 4.75. The molecule has 4 nitrogen and oxygen atoms in total. The maximum Gasteiger partial charge on any atom is 0.412 e. The van der Waals surface area contributed by atoms with Crippen LogP contribution >= 0.6 is 0 Å². The largest absolute Gasteiger partial charge is 0.444 e. The van der Waals surface area contributed by atoms with Gasteiger partial charge >= 0.3 is 6.09 Å². The smallest absolute Gasteiger partial charge is 0.412 e. The van der Waals surface area contributed by atoms with Crippen LogP contribution in [0.25, 0.3) is 0 Å². The minimum absolute atomic E-state index is 0.0909. The molecular weight excluding hydrogens is 338 g/mol. The van der Waals surface area contributed by atoms with Crippen LogP contribution in [0.2, 0.25) is 0 Å². The standard InChI is InChI=1S/C23H35NO3/c1-8-12-17(2)15-20-19(16-18-13-10-9-11-14-18)24(23(6,7)26-20)21(25)27-22(3,4)5/h9-11,13-14,19-20H,2,8,12,15-16H2,1,3-7H3/t19-,20-/m0/s1. The quantitative estimate of drug-likeness (QED) is 0.599. The highest BCUT2D eigenvalue weighted by atomic mass is 16.6. The molecule has 0 aromatic heterocycles. The summed E-state index contributed by atoms with van der Waals surface area (Å²) in [4.78, 5) is 14.8. The van der Waals surface area contributed by atoms with Gasteiger partial charge in [-0.2, -0.15) is 0 Å². The molecule has 1 aliphatic rings. The predicted octanol–water partition coefficient (Wildman–Crippen LogP) is 5.72. The lowest BCUT2D eigenvalue weighted by molar-refractivity contribution is -0.0784. The molecule has 1 saturated heterocycles. The highest BCUT2D eigenvalue weighted by molar-refractivity contribution is 5.70. The topological polar surface area (TPSA) is 38.8 Å². The zero-order valence-electron chi connectivity index (χ0n) is 17.7. The van der Waals surface area contributed by atoms with Crippen LogP contribution in [-0.4, -0.2) is 34.5 Å². The van der Waals surface area contributed by atoms with Crippen molar-refractivity contribution >= 4 is 6.09 Å². The Morgan fingerprint density at radius 2 is 1.89 bits per heavy atom. The molecule has 0 spiro atoms. The average molecular weight is 374 g/mol. The molecule has 0 radical (unpaired) electrons. The third-order valence-corrected chi connectivity index (χ3v) is 4.75. The Kier molecular flexibility index (Phi) is 6.74. The van der Waals surface area contributed by atoms with E-state index in [1.807, 2.05) is 52.8 Å². The fraction of sp³-hybridized carbons (Fsp3) is 0.609. The van der Waals surface area contributed by atoms with Gasteiger partial charge in [-0.25, -0.2) is 4.79 Å². The van der Waals surface area contributed by atoms with E-state index in [-0.39, 0.29) is 18.2 Å². The van der Waals surface area contributed by atoms with E-state index < -0.39 is 11.3 Å². The van der Waals surface area contributed by atoms with Crippen molar-refractivity contribution in [1.29, 1.82) is 0 Å². The number of carbonyl (C=O) groups excluding carboxylic acids is 1. The predicted molar refractivity (Wildman–Crippen MR) is 110 cm³/mol. The van der Waals surface area contributed by atoms with E-state index in [0.29, 0.717) is 0 Å². The zero-order valence-corrected chi connectivity index (χ0v) is 17.7. The maximum absolute atomic E-state index is 13.0. The van der Waals surface area contributed by atoms with Gasteiger partial charge in [0.05, 0.1) is 12.1 Å². The maximum atomic E-state index is 13.0. The van der Waals surface area contributed by atoms with Crippen molar-refractivity contribution in [3.63, 3.8) is 0 Å². The Balaban J connectivity index is 2.31. The Hall–Kier alpha value is -1.81. The van der Waals surface area contributed by atoms with Crippen LogP contribution in [0.5, 0.6) is 0 Å². The Morgan fingerprint density at radius 3 is 2.44 bits per heavy atom. The number of hydrogen-bond acceptors (Lipinski definition) is 3. The summed E-state index contributed by atoms with van der Waals surface area (Å²) in [6, 6.07) is 10.2. The van der Waals surface area contributed by atoms with Gasteiger partial charge in [-0.1, -0.05) is 55.8 Å². The minimum atomic E-state index is -0.723. The summed E-state index contributed by atoms with van der Waals surface area (Å²) in [5, 5.41) is 0. The van der Waals surface area contributed by atoms with Crippen LogP contribution < -0.4 is 0 Å². The highest BCUT2D eigenvalue weighted by Crippen LogP contribution is 2.38. The van der Waals surface area contributed by atoms with E-state index in [4.69, 9.17) is 9.47 Å². The molecule has 1 aromatic carbocycles. The molecule has 0 unspecified atom stereocenters. The summed E-state index contributed by atoms with van der Waals surface area (Å²) in [7, 11) is 0. The minimum Gasteiger partial charge on any atom is -0.444 e. The molecule has 1 amide bonds. The molecule has 0 N–H and O–H groups in total. The van der Waals surface area contributed by atoms with Gasteiger partial charge in [-0.3, -0.25) is 4.90 Å². The molecule has 27 heavy (non-hydrogen) atoms. The Morgan fingerprint density at radius 1 is 1.26 bits per heavy atom. The lowest BCUT2D eigenvalue weighted by Crippen LogP contribution is -2.51. The first kappa shape index (κ1) is 21.5. The summed E-state index contributed by atoms with van der Waals surface area (Å²) < 4.78 is 12.1. The highest BCUT2D eigenvalue weighted by Gasteiger charge is 2.50. The second-order valence-corrected chi connectivity index (χ2v) is 8.91. The second-order valence-electron chi connectivity index (χ2n) is 8.91. The zero-order chi connectivity index (χ0) is 20.2. The fourth-order valence-corrected chi connectivity index (χ4v) is 3.73. The van der Waals surface area contributed by atoms with Crippen molar-refractivity contribution in [3.05, 3.63) is 48.0 Å². The molecule has 1 heterocycles. The number of benzene rings is 1. The molecule has 1 aromatic rings. The first-order valence-electron chi connectivity index (χ1n) is 9.94. The molecule has 1 aliphatic heterocycles. The third kappa shape index (κ3) is 5.83. The van der Waals surface area contributed by atoms with E-state index in [1.54, 1.807) is 4.90 Å². The van der Waals surface area contributed by atoms with Crippen LogP contribution in [0.1, 0.15) is 66.4 Å². The van der Waals surface area contributed by atoms with E-state index in [1.165, 1.54) is 11.1 Å². The van der Waals surface area contributed by atoms with Gasteiger partial charge < -0.3 is 9.47 Å². The molecule has 2 rings (SSSR count). The number of rotatable bonds is 6. The second kappa shape index (κ2) is 8.47. The van der Waals surface area contributed by atoms with Crippen molar-refractivity contribution in [2.24, 2.45) is 0 Å². The summed E-state index contributed by atoms with van der Waals surface area (Å²) in [5.41, 5.74) is 1.08. The number of nitrogens with zero attached hydrogens (tertiary/aromatic N) is 1. The van der Waals surface area contributed by atoms with E-state index >= 15 is 0 Å². The number of ether oxygens (including phenoxy) is 2. The van der Waals surface area contributed by atoms with Crippen molar-refractivity contribution in [1.82, 2.24) is 4.90 Å². The van der Waals surface area contributed by atoms with Gasteiger partial charge in [0.25, 0.3) is 0 Å². The number of amides is 1. The van der Waals surface area contributed by atoms with Crippen LogP contribution in [-0.2, 0) is 15.9 Å². The number of hydrogen-bond donors (Lipinski definition) is 0. The summed E-state index contributed by atoms with van der Waals surface area (Å²) in [6.07, 6.45) is 3.12. The van der Waals surface area contributed by atoms with Gasteiger partial charge in [0, 0.05) is 0 Å². The summed E-state index contributed by atoms with van der Waals surface area (Å²) >= 11 is 0. The monoisotopic (exact) mass is 373 g/mol. The fourth-order valence-electron chi connectivity index (χ4n) is 3.73. The van der Waals surface area contributed by atoms with Crippen molar-refractivity contribution in [3.8, 4) is 0 Å². The van der Waals surface area contributed by atoms with Gasteiger partial charge in [0.2, 0.25) is 0 Å². The van der Waals surface area contributed by atoms with Crippen LogP contribution in [0, 0.1) is 0 Å². The van der Waals surface area contributed by atoms with Crippen LogP contribution in [0.4, 0.5) is 4.79 Å². The van der Waals surface area contributed by atoms with Crippen molar-refractivity contribution in [2.45, 2.75) is 90.7 Å².